The van der Waals surface area contributed by atoms with Gasteiger partial charge in [0, 0.05) is 5.92 Å². The number of fused-ring (bicyclic) bond motifs is 2. The Hall–Kier alpha value is -0.860. The first-order chi connectivity index (χ1) is 5.74. The van der Waals surface area contributed by atoms with Gasteiger partial charge in [-0.3, -0.25) is 9.18 Å². The maximum atomic E-state index is 12.5. The highest BCUT2D eigenvalue weighted by Gasteiger charge is 2.48. The van der Waals surface area contributed by atoms with Crippen molar-refractivity contribution in [2.24, 2.45) is 23.7 Å². The molecule has 1 saturated carbocycles. The number of hydrogen-bond donors (Lipinski definition) is 1. The molecule has 0 radical (unpaired) electrons. The van der Waals surface area contributed by atoms with Gasteiger partial charge in [-0.2, -0.15) is 0 Å². The highest BCUT2D eigenvalue weighted by Crippen LogP contribution is 2.48. The lowest BCUT2D eigenvalue weighted by Gasteiger charge is -2.21. The van der Waals surface area contributed by atoms with Crippen molar-refractivity contribution >= 4 is 5.97 Å². The van der Waals surface area contributed by atoms with Crippen molar-refractivity contribution in [2.75, 3.05) is 6.67 Å². The van der Waals surface area contributed by atoms with Crippen LogP contribution in [0.2, 0.25) is 0 Å². The van der Waals surface area contributed by atoms with E-state index in [4.69, 9.17) is 5.11 Å². The van der Waals surface area contributed by atoms with Crippen molar-refractivity contribution in [3.63, 3.8) is 0 Å². The van der Waals surface area contributed by atoms with E-state index in [9.17, 15) is 9.18 Å². The van der Waals surface area contributed by atoms with Crippen molar-refractivity contribution in [1.29, 1.82) is 0 Å². The lowest BCUT2D eigenvalue weighted by molar-refractivity contribution is -0.144. The molecule has 4 unspecified atom stereocenters. The Morgan fingerprint density at radius 3 is 2.67 bits per heavy atom. The molecule has 0 aliphatic heterocycles. The molecule has 0 heterocycles. The van der Waals surface area contributed by atoms with E-state index >= 15 is 0 Å². The van der Waals surface area contributed by atoms with Crippen LogP contribution in [-0.2, 0) is 4.79 Å². The third kappa shape index (κ3) is 0.886. The van der Waals surface area contributed by atoms with Crippen LogP contribution in [0.3, 0.4) is 0 Å². The zero-order valence-corrected chi connectivity index (χ0v) is 6.61. The molecule has 4 atom stereocenters. The fraction of sp³-hybridized carbons (Fsp3) is 0.667. The zero-order chi connectivity index (χ0) is 8.72. The summed E-state index contributed by atoms with van der Waals surface area (Å²) in [6.07, 6.45) is 4.73. The number of carboxylic acid groups (broad SMARTS) is 1. The molecular weight excluding hydrogens is 159 g/mol. The van der Waals surface area contributed by atoms with Crippen LogP contribution in [0.1, 0.15) is 6.42 Å². The molecular formula is C9H11FO2. The normalized spacial score (nSPS) is 43.8. The summed E-state index contributed by atoms with van der Waals surface area (Å²) >= 11 is 0. The van der Waals surface area contributed by atoms with Gasteiger partial charge in [0.05, 0.1) is 12.6 Å². The zero-order valence-electron chi connectivity index (χ0n) is 6.61. The van der Waals surface area contributed by atoms with E-state index in [2.05, 4.69) is 0 Å². The summed E-state index contributed by atoms with van der Waals surface area (Å²) < 4.78 is 12.5. The smallest absolute Gasteiger partial charge is 0.307 e. The van der Waals surface area contributed by atoms with Gasteiger partial charge in [0.2, 0.25) is 0 Å². The van der Waals surface area contributed by atoms with E-state index in [1.165, 1.54) is 0 Å². The van der Waals surface area contributed by atoms with Crippen molar-refractivity contribution in [3.8, 4) is 0 Å². The van der Waals surface area contributed by atoms with Crippen LogP contribution in [-0.4, -0.2) is 17.8 Å². The molecule has 2 aliphatic rings. The highest BCUT2D eigenvalue weighted by molar-refractivity contribution is 5.72. The lowest BCUT2D eigenvalue weighted by atomic mass is 9.84. The Bertz CT molecular complexity index is 237. The molecule has 0 aromatic heterocycles. The predicted octanol–water partition coefficient (Wildman–Crippen LogP) is 1.48. The van der Waals surface area contributed by atoms with Crippen LogP contribution in [0, 0.1) is 23.7 Å². The minimum atomic E-state index is -0.838. The lowest BCUT2D eigenvalue weighted by Crippen LogP contribution is -2.28. The predicted molar refractivity (Wildman–Crippen MR) is 41.3 cm³/mol. The number of aliphatic carboxylic acids is 1. The summed E-state index contributed by atoms with van der Waals surface area (Å²) in [5, 5.41) is 8.84. The molecule has 1 N–H and O–H groups in total. The summed E-state index contributed by atoms with van der Waals surface area (Å²) in [6, 6.07) is 0. The minimum Gasteiger partial charge on any atom is -0.481 e. The van der Waals surface area contributed by atoms with Gasteiger partial charge in [-0.1, -0.05) is 12.2 Å². The first kappa shape index (κ1) is 7.77. The maximum absolute atomic E-state index is 12.5. The second-order valence-electron chi connectivity index (χ2n) is 3.63. The van der Waals surface area contributed by atoms with Gasteiger partial charge in [0.25, 0.3) is 0 Å². The molecule has 3 heteroatoms. The van der Waals surface area contributed by atoms with Crippen molar-refractivity contribution in [1.82, 2.24) is 0 Å². The Balaban J connectivity index is 2.23. The van der Waals surface area contributed by atoms with E-state index in [1.807, 2.05) is 12.2 Å². The summed E-state index contributed by atoms with van der Waals surface area (Å²) in [5.74, 6) is -1.30. The number of carbonyl (C=O) groups is 1. The van der Waals surface area contributed by atoms with Crippen LogP contribution in [0.4, 0.5) is 4.39 Å². The summed E-state index contributed by atoms with van der Waals surface area (Å²) in [4.78, 5) is 10.8. The van der Waals surface area contributed by atoms with Crippen LogP contribution in [0.25, 0.3) is 0 Å². The number of alkyl halides is 1. The average Bonchev–Trinajstić information content (AvgIpc) is 2.60. The fourth-order valence-corrected chi connectivity index (χ4v) is 2.50. The molecule has 66 valence electrons. The fourth-order valence-electron chi connectivity index (χ4n) is 2.50. The van der Waals surface area contributed by atoms with Crippen LogP contribution in [0.5, 0.6) is 0 Å². The van der Waals surface area contributed by atoms with Gasteiger partial charge >= 0.3 is 5.97 Å². The number of allylic oxidation sites excluding steroid dienone is 2. The molecule has 0 aromatic carbocycles. The van der Waals surface area contributed by atoms with E-state index in [0.717, 1.165) is 6.42 Å². The number of carboxylic acids is 1. The first-order valence-corrected chi connectivity index (χ1v) is 4.21. The average molecular weight is 170 g/mol. The maximum Gasteiger partial charge on any atom is 0.307 e. The Labute approximate surface area is 70.1 Å². The van der Waals surface area contributed by atoms with E-state index in [-0.39, 0.29) is 17.8 Å². The monoisotopic (exact) mass is 170 g/mol. The van der Waals surface area contributed by atoms with E-state index < -0.39 is 18.6 Å². The molecule has 2 bridgehead atoms. The minimum absolute atomic E-state index is 0.0910. The number of rotatable bonds is 2. The molecule has 0 aromatic rings. The molecule has 2 nitrogen and oxygen atoms in total. The van der Waals surface area contributed by atoms with Crippen LogP contribution < -0.4 is 0 Å². The van der Waals surface area contributed by atoms with Gasteiger partial charge in [-0.15, -0.1) is 0 Å². The van der Waals surface area contributed by atoms with E-state index in [1.54, 1.807) is 0 Å². The topological polar surface area (TPSA) is 37.3 Å². The molecule has 2 aliphatic carbocycles. The first-order valence-electron chi connectivity index (χ1n) is 4.21. The molecule has 2 rings (SSSR count). The largest absolute Gasteiger partial charge is 0.481 e. The number of halogens is 1. The molecule has 0 saturated heterocycles. The van der Waals surface area contributed by atoms with Gasteiger partial charge in [-0.05, 0) is 18.3 Å². The van der Waals surface area contributed by atoms with Gasteiger partial charge in [0.15, 0.2) is 0 Å². The van der Waals surface area contributed by atoms with Crippen molar-refractivity contribution in [2.45, 2.75) is 6.42 Å². The summed E-state index contributed by atoms with van der Waals surface area (Å²) in [6.45, 7) is -0.498. The SMILES string of the molecule is O=C(O)C1C2C=CC(C2)C1CF. The van der Waals surface area contributed by atoms with Gasteiger partial charge in [0.1, 0.15) is 0 Å². The molecule has 0 spiro atoms. The van der Waals surface area contributed by atoms with Crippen LogP contribution >= 0.6 is 0 Å². The summed E-state index contributed by atoms with van der Waals surface area (Å²) in [5.41, 5.74) is 0. The van der Waals surface area contributed by atoms with Crippen molar-refractivity contribution < 1.29 is 14.3 Å². The van der Waals surface area contributed by atoms with Crippen molar-refractivity contribution in [3.05, 3.63) is 12.2 Å². The quantitative estimate of drug-likeness (QED) is 0.637. The Morgan fingerprint density at radius 1 is 1.50 bits per heavy atom. The second kappa shape index (κ2) is 2.57. The van der Waals surface area contributed by atoms with Gasteiger partial charge < -0.3 is 5.11 Å². The second-order valence-corrected chi connectivity index (χ2v) is 3.63. The molecule has 0 amide bonds. The van der Waals surface area contributed by atoms with E-state index in [0.29, 0.717) is 0 Å². The Morgan fingerprint density at radius 2 is 2.17 bits per heavy atom. The standard InChI is InChI=1S/C9H11FO2/c10-4-7-5-1-2-6(3-5)8(7)9(11)12/h1-2,5-8H,3-4H2,(H,11,12). The third-order valence-corrected chi connectivity index (χ3v) is 3.09. The highest BCUT2D eigenvalue weighted by atomic mass is 19.1. The summed E-state index contributed by atoms with van der Waals surface area (Å²) in [7, 11) is 0. The number of hydrogen-bond acceptors (Lipinski definition) is 1. The third-order valence-electron chi connectivity index (χ3n) is 3.09. The van der Waals surface area contributed by atoms with Gasteiger partial charge in [-0.25, -0.2) is 0 Å². The Kier molecular flexibility index (Phi) is 1.67. The molecule has 12 heavy (non-hydrogen) atoms. The van der Waals surface area contributed by atoms with Crippen LogP contribution in [0.15, 0.2) is 12.2 Å². The molecule has 1 fully saturated rings.